The lowest BCUT2D eigenvalue weighted by molar-refractivity contribution is 0.577. The molecule has 158 valence electrons. The molecular formula is C24H26N6O. The van der Waals surface area contributed by atoms with Crippen LogP contribution in [0.25, 0.3) is 11.6 Å². The highest BCUT2D eigenvalue weighted by Gasteiger charge is 2.14. The Labute approximate surface area is 181 Å². The molecule has 0 spiro atoms. The summed E-state index contributed by atoms with van der Waals surface area (Å²) in [5.74, 6) is 2.99. The Morgan fingerprint density at radius 2 is 1.68 bits per heavy atom. The zero-order valence-electron chi connectivity index (χ0n) is 17.5. The number of aliphatic imine (C=N–C) groups is 1. The second-order valence-corrected chi connectivity index (χ2v) is 7.09. The first-order valence-electron chi connectivity index (χ1n) is 10.3. The monoisotopic (exact) mass is 414 g/mol. The minimum absolute atomic E-state index is 0.228. The fraction of sp³-hybridized carbons (Fsp3) is 0.208. The molecule has 0 saturated heterocycles. The molecule has 3 N–H and O–H groups in total. The summed E-state index contributed by atoms with van der Waals surface area (Å²) in [4.78, 5) is 8.83. The van der Waals surface area contributed by atoms with E-state index in [-0.39, 0.29) is 5.92 Å². The number of H-pyrrole nitrogens is 1. The van der Waals surface area contributed by atoms with Gasteiger partial charge in [-0.15, -0.1) is 0 Å². The molecule has 0 unspecified atom stereocenters. The first-order chi connectivity index (χ1) is 15.3. The third-order valence-corrected chi connectivity index (χ3v) is 5.03. The molecule has 0 bridgehead atoms. The van der Waals surface area contributed by atoms with Gasteiger partial charge < -0.3 is 15.1 Å². The van der Waals surface area contributed by atoms with E-state index in [2.05, 4.69) is 79.3 Å². The van der Waals surface area contributed by atoms with Crippen LogP contribution in [-0.4, -0.2) is 41.3 Å². The lowest BCUT2D eigenvalue weighted by Gasteiger charge is -2.20. The molecule has 0 aliphatic carbocycles. The van der Waals surface area contributed by atoms with E-state index >= 15 is 0 Å². The second kappa shape index (κ2) is 10.2. The van der Waals surface area contributed by atoms with Crippen LogP contribution in [0, 0.1) is 0 Å². The van der Waals surface area contributed by atoms with Gasteiger partial charge in [-0.05, 0) is 23.3 Å². The number of hydrogen-bond acceptors (Lipinski definition) is 4. The van der Waals surface area contributed by atoms with Crippen LogP contribution in [0.1, 0.15) is 22.9 Å². The van der Waals surface area contributed by atoms with Crippen molar-refractivity contribution < 1.29 is 4.42 Å². The molecule has 4 aromatic rings. The van der Waals surface area contributed by atoms with Gasteiger partial charge in [0.1, 0.15) is 5.82 Å². The summed E-state index contributed by atoms with van der Waals surface area (Å²) in [7, 11) is 1.78. The minimum atomic E-state index is 0.228. The summed E-state index contributed by atoms with van der Waals surface area (Å²) < 4.78 is 5.33. The molecule has 0 aliphatic heterocycles. The summed E-state index contributed by atoms with van der Waals surface area (Å²) in [6, 6.07) is 24.7. The van der Waals surface area contributed by atoms with Crippen molar-refractivity contribution in [2.45, 2.75) is 12.3 Å². The largest absolute Gasteiger partial charge is 0.461 e. The van der Waals surface area contributed by atoms with Gasteiger partial charge in [-0.3, -0.25) is 10.1 Å². The van der Waals surface area contributed by atoms with Gasteiger partial charge >= 0.3 is 0 Å². The molecule has 4 rings (SSSR count). The van der Waals surface area contributed by atoms with Gasteiger partial charge in [-0.25, -0.2) is 4.98 Å². The van der Waals surface area contributed by atoms with E-state index in [1.165, 1.54) is 11.1 Å². The van der Waals surface area contributed by atoms with E-state index in [0.29, 0.717) is 24.6 Å². The number of aromatic nitrogens is 3. The van der Waals surface area contributed by atoms with E-state index < -0.39 is 0 Å². The predicted molar refractivity (Wildman–Crippen MR) is 122 cm³/mol. The standard InChI is InChI=1S/C24H26N6O/c1-25-24(26-15-14-22-28-23(30-29-22)21-13-8-16-31-21)27-17-20(18-9-4-2-5-10-18)19-11-6-3-7-12-19/h2-13,16,20H,14-15,17H2,1H3,(H2,25,26,27)(H,28,29,30). The maximum Gasteiger partial charge on any atom is 0.216 e. The Balaban J connectivity index is 1.33. The van der Waals surface area contributed by atoms with Crippen LogP contribution in [0.3, 0.4) is 0 Å². The molecule has 0 saturated carbocycles. The van der Waals surface area contributed by atoms with Crippen LogP contribution < -0.4 is 10.6 Å². The molecule has 0 radical (unpaired) electrons. The molecule has 7 nitrogen and oxygen atoms in total. The number of benzene rings is 2. The normalized spacial score (nSPS) is 11.6. The maximum atomic E-state index is 5.33. The molecular weight excluding hydrogens is 388 g/mol. The number of aromatic amines is 1. The van der Waals surface area contributed by atoms with Crippen molar-refractivity contribution >= 4 is 5.96 Å². The van der Waals surface area contributed by atoms with E-state index in [1.54, 1.807) is 13.3 Å². The number of nitrogens with one attached hydrogen (secondary N) is 3. The van der Waals surface area contributed by atoms with Gasteiger partial charge in [0.2, 0.25) is 5.82 Å². The van der Waals surface area contributed by atoms with Crippen LogP contribution >= 0.6 is 0 Å². The van der Waals surface area contributed by atoms with Gasteiger partial charge in [0.05, 0.1) is 6.26 Å². The summed E-state index contributed by atoms with van der Waals surface area (Å²) >= 11 is 0. The van der Waals surface area contributed by atoms with Crippen molar-refractivity contribution in [1.29, 1.82) is 0 Å². The highest BCUT2D eigenvalue weighted by atomic mass is 16.3. The van der Waals surface area contributed by atoms with Gasteiger partial charge in [-0.2, -0.15) is 5.10 Å². The lowest BCUT2D eigenvalue weighted by Crippen LogP contribution is -2.40. The molecule has 0 aliphatic rings. The van der Waals surface area contributed by atoms with E-state index in [1.807, 2.05) is 24.3 Å². The molecule has 7 heteroatoms. The molecule has 0 atom stereocenters. The molecule has 0 amide bonds. The van der Waals surface area contributed by atoms with E-state index in [0.717, 1.165) is 18.3 Å². The predicted octanol–water partition coefficient (Wildman–Crippen LogP) is 3.60. The third kappa shape index (κ3) is 5.39. The Morgan fingerprint density at radius 1 is 0.968 bits per heavy atom. The van der Waals surface area contributed by atoms with Crippen molar-refractivity contribution in [2.75, 3.05) is 20.1 Å². The summed E-state index contributed by atoms with van der Waals surface area (Å²) in [6.45, 7) is 1.41. The maximum absolute atomic E-state index is 5.33. The molecule has 2 aromatic heterocycles. The number of guanidine groups is 1. The van der Waals surface area contributed by atoms with Crippen molar-refractivity contribution in [3.63, 3.8) is 0 Å². The summed E-state index contributed by atoms with van der Waals surface area (Å²) in [5.41, 5.74) is 2.53. The van der Waals surface area contributed by atoms with Crippen LogP contribution in [0.15, 0.2) is 88.5 Å². The number of rotatable bonds is 8. The van der Waals surface area contributed by atoms with Crippen LogP contribution in [0.4, 0.5) is 0 Å². The number of nitrogens with zero attached hydrogens (tertiary/aromatic N) is 3. The van der Waals surface area contributed by atoms with Crippen molar-refractivity contribution in [1.82, 2.24) is 25.8 Å². The quantitative estimate of drug-likeness (QED) is 0.303. The molecule has 2 heterocycles. The fourth-order valence-electron chi connectivity index (χ4n) is 3.44. The Hall–Kier alpha value is -3.87. The van der Waals surface area contributed by atoms with Crippen molar-refractivity contribution in [2.24, 2.45) is 4.99 Å². The first kappa shape index (κ1) is 20.4. The molecule has 31 heavy (non-hydrogen) atoms. The topological polar surface area (TPSA) is 91.1 Å². The van der Waals surface area contributed by atoms with E-state index in [4.69, 9.17) is 4.42 Å². The highest BCUT2D eigenvalue weighted by Crippen LogP contribution is 2.23. The smallest absolute Gasteiger partial charge is 0.216 e. The summed E-state index contributed by atoms with van der Waals surface area (Å²) in [6.07, 6.45) is 2.30. The van der Waals surface area contributed by atoms with Gasteiger partial charge in [0, 0.05) is 32.5 Å². The highest BCUT2D eigenvalue weighted by molar-refractivity contribution is 5.79. The van der Waals surface area contributed by atoms with Crippen LogP contribution in [0.2, 0.25) is 0 Å². The van der Waals surface area contributed by atoms with Gasteiger partial charge in [0.25, 0.3) is 0 Å². The zero-order valence-corrected chi connectivity index (χ0v) is 17.5. The SMILES string of the molecule is CN=C(NCCc1nc(-c2ccco2)n[nH]1)NCC(c1ccccc1)c1ccccc1. The van der Waals surface area contributed by atoms with Crippen molar-refractivity contribution in [3.05, 3.63) is 96.0 Å². The Kier molecular flexibility index (Phi) is 6.74. The van der Waals surface area contributed by atoms with Gasteiger partial charge in [-0.1, -0.05) is 60.7 Å². The summed E-state index contributed by atoms with van der Waals surface area (Å²) in [5, 5.41) is 14.0. The van der Waals surface area contributed by atoms with Crippen LogP contribution in [0.5, 0.6) is 0 Å². The second-order valence-electron chi connectivity index (χ2n) is 7.09. The average molecular weight is 415 g/mol. The van der Waals surface area contributed by atoms with E-state index in [9.17, 15) is 0 Å². The average Bonchev–Trinajstić information content (AvgIpc) is 3.52. The first-order valence-corrected chi connectivity index (χ1v) is 10.3. The molecule has 2 aromatic carbocycles. The fourth-order valence-corrected chi connectivity index (χ4v) is 3.44. The third-order valence-electron chi connectivity index (χ3n) is 5.03. The minimum Gasteiger partial charge on any atom is -0.461 e. The Bertz CT molecular complexity index is 1030. The van der Waals surface area contributed by atoms with Crippen molar-refractivity contribution in [3.8, 4) is 11.6 Å². The number of furan rings is 1. The Morgan fingerprint density at radius 3 is 2.29 bits per heavy atom. The lowest BCUT2D eigenvalue weighted by atomic mass is 9.91. The van der Waals surface area contributed by atoms with Gasteiger partial charge in [0.15, 0.2) is 11.7 Å². The molecule has 0 fully saturated rings. The zero-order chi connectivity index (χ0) is 21.3. The number of hydrogen-bond donors (Lipinski definition) is 3. The van der Waals surface area contributed by atoms with Crippen LogP contribution in [-0.2, 0) is 6.42 Å².